The fourth-order valence-corrected chi connectivity index (χ4v) is 2.26. The summed E-state index contributed by atoms with van der Waals surface area (Å²) in [6, 6.07) is 6.75. The van der Waals surface area contributed by atoms with E-state index in [1.807, 2.05) is 0 Å². The molecule has 1 saturated carbocycles. The average molecular weight is 514 g/mol. The highest BCUT2D eigenvalue weighted by Crippen LogP contribution is 2.19. The normalized spacial score (nSPS) is 14.1. The van der Waals surface area contributed by atoms with E-state index < -0.39 is 12.8 Å². The van der Waals surface area contributed by atoms with Crippen LogP contribution in [0.25, 0.3) is 0 Å². The van der Waals surface area contributed by atoms with Gasteiger partial charge in [-0.1, -0.05) is 12.1 Å². The van der Waals surface area contributed by atoms with E-state index in [2.05, 4.69) is 25.7 Å². The minimum Gasteiger partial charge on any atom is -0.484 e. The first-order chi connectivity index (χ1) is 12.9. The van der Waals surface area contributed by atoms with Crippen LogP contribution in [-0.4, -0.2) is 44.3 Å². The highest BCUT2D eigenvalue weighted by atomic mass is 127. The van der Waals surface area contributed by atoms with Crippen LogP contribution in [0.3, 0.4) is 0 Å². The van der Waals surface area contributed by atoms with Crippen molar-refractivity contribution in [2.45, 2.75) is 44.4 Å². The van der Waals surface area contributed by atoms with Crippen molar-refractivity contribution < 1.29 is 22.7 Å². The van der Waals surface area contributed by atoms with Gasteiger partial charge in [-0.15, -0.1) is 24.0 Å². The summed E-state index contributed by atoms with van der Waals surface area (Å²) in [6.45, 7) is -0.233. The number of hydrogen-bond acceptors (Lipinski definition) is 3. The van der Waals surface area contributed by atoms with Gasteiger partial charge in [0.15, 0.2) is 12.6 Å². The number of alkyl halides is 3. The number of nitrogens with zero attached hydrogens (tertiary/aromatic N) is 1. The number of aliphatic imine (C=N–C) groups is 1. The molecule has 1 aromatic carbocycles. The van der Waals surface area contributed by atoms with Crippen LogP contribution < -0.4 is 20.7 Å². The second kappa shape index (κ2) is 12.0. The molecule has 1 aliphatic carbocycles. The van der Waals surface area contributed by atoms with Gasteiger partial charge in [-0.2, -0.15) is 13.2 Å². The number of rotatable bonds is 9. The van der Waals surface area contributed by atoms with Crippen LogP contribution in [-0.2, 0) is 11.3 Å². The van der Waals surface area contributed by atoms with Gasteiger partial charge in [-0.3, -0.25) is 9.79 Å². The first-order valence-electron chi connectivity index (χ1n) is 8.88. The molecular weight excluding hydrogens is 488 g/mol. The molecule has 28 heavy (non-hydrogen) atoms. The molecule has 0 atom stereocenters. The number of hydrogen-bond donors (Lipinski definition) is 3. The maximum absolute atomic E-state index is 12.1. The van der Waals surface area contributed by atoms with Crippen LogP contribution in [0, 0.1) is 0 Å². The SMILES string of the molecule is CN=C(NCCCC(=O)NC1CC1)NCc1ccc(OCC(F)(F)F)cc1.I. The summed E-state index contributed by atoms with van der Waals surface area (Å²) in [7, 11) is 1.64. The number of guanidine groups is 1. The number of halogens is 4. The van der Waals surface area contributed by atoms with Crippen LogP contribution in [0.5, 0.6) is 5.75 Å². The molecule has 1 amide bonds. The second-order valence-corrected chi connectivity index (χ2v) is 6.35. The van der Waals surface area contributed by atoms with E-state index in [9.17, 15) is 18.0 Å². The fourth-order valence-electron chi connectivity index (χ4n) is 2.26. The Bertz CT molecular complexity index is 635. The maximum Gasteiger partial charge on any atom is 0.422 e. The lowest BCUT2D eigenvalue weighted by Gasteiger charge is -2.13. The van der Waals surface area contributed by atoms with Crippen molar-refractivity contribution in [2.24, 2.45) is 4.99 Å². The van der Waals surface area contributed by atoms with Crippen molar-refractivity contribution in [1.82, 2.24) is 16.0 Å². The second-order valence-electron chi connectivity index (χ2n) is 6.35. The van der Waals surface area contributed by atoms with E-state index in [0.29, 0.717) is 37.9 Å². The standard InChI is InChI=1S/C18H25F3N4O2.HI/c1-22-17(23-10-2-3-16(26)25-14-6-7-14)24-11-13-4-8-15(9-5-13)27-12-18(19,20)21;/h4-5,8-9,14H,2-3,6-7,10-12H2,1H3,(H,25,26)(H2,22,23,24);1H. The zero-order valence-corrected chi connectivity index (χ0v) is 18.0. The van der Waals surface area contributed by atoms with Crippen LogP contribution in [0.1, 0.15) is 31.2 Å². The van der Waals surface area contributed by atoms with Gasteiger partial charge in [0.05, 0.1) is 0 Å². The smallest absolute Gasteiger partial charge is 0.422 e. The molecule has 0 spiro atoms. The topological polar surface area (TPSA) is 74.8 Å². The first kappa shape index (κ1) is 24.3. The van der Waals surface area contributed by atoms with Gasteiger partial charge in [0.25, 0.3) is 0 Å². The van der Waals surface area contributed by atoms with Gasteiger partial charge in [0, 0.05) is 32.6 Å². The summed E-state index contributed by atoms with van der Waals surface area (Å²) < 4.78 is 41.0. The molecule has 0 heterocycles. The predicted octanol–water partition coefficient (Wildman–Crippen LogP) is 2.97. The molecule has 0 saturated heterocycles. The van der Waals surface area contributed by atoms with E-state index in [-0.39, 0.29) is 35.6 Å². The van der Waals surface area contributed by atoms with Crippen molar-refractivity contribution in [2.75, 3.05) is 20.2 Å². The Morgan fingerprint density at radius 3 is 2.46 bits per heavy atom. The monoisotopic (exact) mass is 514 g/mol. The summed E-state index contributed by atoms with van der Waals surface area (Å²) >= 11 is 0. The fraction of sp³-hybridized carbons (Fsp3) is 0.556. The molecule has 6 nitrogen and oxygen atoms in total. The molecule has 2 rings (SSSR count). The number of carbonyl (C=O) groups is 1. The summed E-state index contributed by atoms with van der Waals surface area (Å²) in [6.07, 6.45) is -1.02. The quantitative estimate of drug-likeness (QED) is 0.205. The Morgan fingerprint density at radius 1 is 1.21 bits per heavy atom. The van der Waals surface area contributed by atoms with Crippen LogP contribution >= 0.6 is 24.0 Å². The summed E-state index contributed by atoms with van der Waals surface area (Å²) in [5.74, 6) is 0.841. The number of nitrogens with one attached hydrogen (secondary N) is 3. The van der Waals surface area contributed by atoms with Gasteiger partial charge in [0.2, 0.25) is 5.91 Å². The molecule has 0 unspecified atom stereocenters. The molecule has 1 fully saturated rings. The molecule has 1 aromatic rings. The molecular formula is C18H26F3IN4O2. The Morgan fingerprint density at radius 2 is 1.89 bits per heavy atom. The van der Waals surface area contributed by atoms with Gasteiger partial charge in [-0.05, 0) is 37.0 Å². The maximum atomic E-state index is 12.1. The minimum absolute atomic E-state index is 0. The molecule has 0 aromatic heterocycles. The third-order valence-electron chi connectivity index (χ3n) is 3.82. The Kier molecular flexibility index (Phi) is 10.4. The van der Waals surface area contributed by atoms with Crippen LogP contribution in [0.15, 0.2) is 29.3 Å². The van der Waals surface area contributed by atoms with E-state index >= 15 is 0 Å². The molecule has 0 aliphatic heterocycles. The van der Waals surface area contributed by atoms with Crippen molar-refractivity contribution in [1.29, 1.82) is 0 Å². The van der Waals surface area contributed by atoms with E-state index in [1.165, 1.54) is 12.1 Å². The zero-order valence-electron chi connectivity index (χ0n) is 15.6. The average Bonchev–Trinajstić information content (AvgIpc) is 3.43. The molecule has 10 heteroatoms. The minimum atomic E-state index is -4.35. The van der Waals surface area contributed by atoms with E-state index in [1.54, 1.807) is 19.2 Å². The van der Waals surface area contributed by atoms with Gasteiger partial charge in [0.1, 0.15) is 5.75 Å². The number of amides is 1. The predicted molar refractivity (Wildman–Crippen MR) is 112 cm³/mol. The van der Waals surface area contributed by atoms with Crippen molar-refractivity contribution in [3.63, 3.8) is 0 Å². The molecule has 3 N–H and O–H groups in total. The van der Waals surface area contributed by atoms with E-state index in [4.69, 9.17) is 0 Å². The summed E-state index contributed by atoms with van der Waals surface area (Å²) in [5.41, 5.74) is 0.876. The van der Waals surface area contributed by atoms with Crippen LogP contribution in [0.2, 0.25) is 0 Å². The summed E-state index contributed by atoms with van der Waals surface area (Å²) in [4.78, 5) is 15.7. The lowest BCUT2D eigenvalue weighted by Crippen LogP contribution is -2.37. The lowest BCUT2D eigenvalue weighted by atomic mass is 10.2. The molecule has 158 valence electrons. The van der Waals surface area contributed by atoms with Gasteiger partial charge in [-0.25, -0.2) is 0 Å². The van der Waals surface area contributed by atoms with Crippen molar-refractivity contribution >= 4 is 35.8 Å². The Labute approximate surface area is 179 Å². The van der Waals surface area contributed by atoms with Gasteiger partial charge >= 0.3 is 6.18 Å². The number of ether oxygens (including phenoxy) is 1. The lowest BCUT2D eigenvalue weighted by molar-refractivity contribution is -0.153. The highest BCUT2D eigenvalue weighted by Gasteiger charge is 2.28. The molecule has 0 radical (unpaired) electrons. The third kappa shape index (κ3) is 10.6. The summed E-state index contributed by atoms with van der Waals surface area (Å²) in [5, 5.41) is 9.17. The number of carbonyl (C=O) groups excluding carboxylic acids is 1. The first-order valence-corrected chi connectivity index (χ1v) is 8.88. The zero-order chi connectivity index (χ0) is 19.7. The van der Waals surface area contributed by atoms with Crippen molar-refractivity contribution in [3.8, 4) is 5.75 Å². The third-order valence-corrected chi connectivity index (χ3v) is 3.82. The largest absolute Gasteiger partial charge is 0.484 e. The number of benzene rings is 1. The van der Waals surface area contributed by atoms with Gasteiger partial charge < -0.3 is 20.7 Å². The molecule has 1 aliphatic rings. The van der Waals surface area contributed by atoms with E-state index in [0.717, 1.165) is 18.4 Å². The Balaban J connectivity index is 0.00000392. The highest BCUT2D eigenvalue weighted by molar-refractivity contribution is 14.0. The molecule has 0 bridgehead atoms. The Hall–Kier alpha value is -1.72. The van der Waals surface area contributed by atoms with Crippen molar-refractivity contribution in [3.05, 3.63) is 29.8 Å². The van der Waals surface area contributed by atoms with Crippen LogP contribution in [0.4, 0.5) is 13.2 Å².